The molecule has 9 nitrogen and oxygen atoms in total. The predicted octanol–water partition coefficient (Wildman–Crippen LogP) is 2.80. The summed E-state index contributed by atoms with van der Waals surface area (Å²) in [5.41, 5.74) is 6.49. The first kappa shape index (κ1) is 20.8. The van der Waals surface area contributed by atoms with Gasteiger partial charge in [0.15, 0.2) is 12.4 Å². The van der Waals surface area contributed by atoms with Crippen LogP contribution in [0.15, 0.2) is 53.1 Å². The van der Waals surface area contributed by atoms with E-state index in [2.05, 4.69) is 10.6 Å². The van der Waals surface area contributed by atoms with Crippen molar-refractivity contribution in [1.82, 2.24) is 0 Å². The number of furan rings is 1. The van der Waals surface area contributed by atoms with Gasteiger partial charge in [-0.3, -0.25) is 14.4 Å². The maximum absolute atomic E-state index is 12.3. The van der Waals surface area contributed by atoms with Gasteiger partial charge < -0.3 is 25.5 Å². The molecule has 0 aliphatic carbocycles. The van der Waals surface area contributed by atoms with Crippen molar-refractivity contribution in [3.63, 3.8) is 0 Å². The van der Waals surface area contributed by atoms with E-state index in [9.17, 15) is 19.2 Å². The number of primary amides is 1. The number of benzene rings is 1. The summed E-state index contributed by atoms with van der Waals surface area (Å²) < 4.78 is 10.1. The SMILES string of the molecule is Cc1cc(NC(=O)c2ccco2)sc1C(=O)OCC(=O)Nc1ccc(C(N)=O)cc1. The van der Waals surface area contributed by atoms with Gasteiger partial charge in [0, 0.05) is 11.3 Å². The number of esters is 1. The lowest BCUT2D eigenvalue weighted by atomic mass is 10.2. The largest absolute Gasteiger partial charge is 0.459 e. The lowest BCUT2D eigenvalue weighted by molar-refractivity contribution is -0.119. The van der Waals surface area contributed by atoms with Crippen molar-refractivity contribution in [2.75, 3.05) is 17.2 Å². The molecule has 2 heterocycles. The van der Waals surface area contributed by atoms with E-state index in [1.807, 2.05) is 0 Å². The Balaban J connectivity index is 1.54. The number of amides is 3. The van der Waals surface area contributed by atoms with Crippen LogP contribution in [0, 0.1) is 6.92 Å². The van der Waals surface area contributed by atoms with E-state index in [-0.39, 0.29) is 10.6 Å². The van der Waals surface area contributed by atoms with Crippen LogP contribution < -0.4 is 16.4 Å². The van der Waals surface area contributed by atoms with Gasteiger partial charge in [-0.1, -0.05) is 0 Å². The van der Waals surface area contributed by atoms with E-state index in [0.717, 1.165) is 11.3 Å². The molecule has 0 aliphatic rings. The standard InChI is InChI=1S/C20H17N3O6S/c1-11-9-16(23-19(26)14-3-2-8-28-14)30-17(11)20(27)29-10-15(24)22-13-6-4-12(5-7-13)18(21)25/h2-9H,10H2,1H3,(H2,21,25)(H,22,24)(H,23,26). The van der Waals surface area contributed by atoms with Crippen LogP contribution in [0.4, 0.5) is 10.7 Å². The number of nitrogens with two attached hydrogens (primary N) is 1. The molecule has 0 radical (unpaired) electrons. The third-order valence-electron chi connectivity index (χ3n) is 3.87. The van der Waals surface area contributed by atoms with E-state index < -0.39 is 30.3 Å². The first-order valence-electron chi connectivity index (χ1n) is 8.65. The van der Waals surface area contributed by atoms with E-state index in [0.29, 0.717) is 21.8 Å². The summed E-state index contributed by atoms with van der Waals surface area (Å²) in [7, 11) is 0. The van der Waals surface area contributed by atoms with Gasteiger partial charge in [0.25, 0.3) is 11.8 Å². The predicted molar refractivity (Wildman–Crippen MR) is 110 cm³/mol. The topological polar surface area (TPSA) is 141 Å². The summed E-state index contributed by atoms with van der Waals surface area (Å²) >= 11 is 1.03. The lowest BCUT2D eigenvalue weighted by Crippen LogP contribution is -2.21. The van der Waals surface area contributed by atoms with Gasteiger partial charge in [-0.2, -0.15) is 0 Å². The molecular formula is C20H17N3O6S. The molecule has 154 valence electrons. The van der Waals surface area contributed by atoms with Crippen LogP contribution in [0.5, 0.6) is 0 Å². The fraction of sp³-hybridized carbons (Fsp3) is 0.100. The Hall–Kier alpha value is -3.92. The van der Waals surface area contributed by atoms with Gasteiger partial charge in [0.1, 0.15) is 4.88 Å². The highest BCUT2D eigenvalue weighted by Crippen LogP contribution is 2.27. The normalized spacial score (nSPS) is 10.3. The van der Waals surface area contributed by atoms with Gasteiger partial charge >= 0.3 is 5.97 Å². The molecular weight excluding hydrogens is 410 g/mol. The summed E-state index contributed by atoms with van der Waals surface area (Å²) in [5.74, 6) is -2.10. The second-order valence-corrected chi connectivity index (χ2v) is 7.17. The Bertz CT molecular complexity index is 1090. The summed E-state index contributed by atoms with van der Waals surface area (Å²) in [5, 5.41) is 5.62. The number of rotatable bonds is 7. The number of anilines is 2. The third kappa shape index (κ3) is 5.11. The number of ether oxygens (including phenoxy) is 1. The number of hydrogen-bond acceptors (Lipinski definition) is 7. The molecule has 0 fully saturated rings. The fourth-order valence-electron chi connectivity index (χ4n) is 2.44. The monoisotopic (exact) mass is 427 g/mol. The van der Waals surface area contributed by atoms with Crippen LogP contribution >= 0.6 is 11.3 Å². The molecule has 10 heteroatoms. The molecule has 0 aliphatic heterocycles. The quantitative estimate of drug-likeness (QED) is 0.495. The Labute approximate surface area is 174 Å². The van der Waals surface area contributed by atoms with Gasteiger partial charge in [-0.25, -0.2) is 4.79 Å². The zero-order valence-electron chi connectivity index (χ0n) is 15.8. The van der Waals surface area contributed by atoms with Crippen LogP contribution in [0.3, 0.4) is 0 Å². The first-order chi connectivity index (χ1) is 14.3. The zero-order chi connectivity index (χ0) is 21.7. The Kier molecular flexibility index (Phi) is 6.28. The summed E-state index contributed by atoms with van der Waals surface area (Å²) in [6.07, 6.45) is 1.38. The maximum atomic E-state index is 12.3. The minimum absolute atomic E-state index is 0.144. The zero-order valence-corrected chi connectivity index (χ0v) is 16.6. The number of carbonyl (C=O) groups is 4. The van der Waals surface area contributed by atoms with E-state index in [1.54, 1.807) is 19.1 Å². The minimum Gasteiger partial charge on any atom is -0.459 e. The highest BCUT2D eigenvalue weighted by molar-refractivity contribution is 7.18. The highest BCUT2D eigenvalue weighted by atomic mass is 32.1. The van der Waals surface area contributed by atoms with Crippen molar-refractivity contribution in [3.8, 4) is 0 Å². The van der Waals surface area contributed by atoms with Crippen molar-refractivity contribution in [3.05, 3.63) is 70.5 Å². The van der Waals surface area contributed by atoms with Crippen LogP contribution in [0.25, 0.3) is 0 Å². The molecule has 3 aromatic rings. The van der Waals surface area contributed by atoms with Crippen molar-refractivity contribution >= 4 is 45.7 Å². The molecule has 2 aromatic heterocycles. The molecule has 4 N–H and O–H groups in total. The van der Waals surface area contributed by atoms with Gasteiger partial charge in [-0.15, -0.1) is 11.3 Å². The molecule has 3 amide bonds. The number of hydrogen-bond donors (Lipinski definition) is 3. The Morgan fingerprint density at radius 2 is 1.83 bits per heavy atom. The second kappa shape index (κ2) is 9.05. The van der Waals surface area contributed by atoms with Crippen LogP contribution in [-0.4, -0.2) is 30.3 Å². The molecule has 1 aromatic carbocycles. The fourth-order valence-corrected chi connectivity index (χ4v) is 3.40. The number of thiophene rings is 1. The third-order valence-corrected chi connectivity index (χ3v) is 5.00. The van der Waals surface area contributed by atoms with Crippen LogP contribution in [0.2, 0.25) is 0 Å². The summed E-state index contributed by atoms with van der Waals surface area (Å²) in [6, 6.07) is 10.7. The molecule has 0 spiro atoms. The van der Waals surface area contributed by atoms with Crippen LogP contribution in [-0.2, 0) is 9.53 Å². The molecule has 0 unspecified atom stereocenters. The maximum Gasteiger partial charge on any atom is 0.349 e. The van der Waals surface area contributed by atoms with Crippen molar-refractivity contribution in [2.24, 2.45) is 5.73 Å². The smallest absolute Gasteiger partial charge is 0.349 e. The van der Waals surface area contributed by atoms with Crippen molar-refractivity contribution in [1.29, 1.82) is 0 Å². The van der Waals surface area contributed by atoms with Gasteiger partial charge in [0.2, 0.25) is 5.91 Å². The highest BCUT2D eigenvalue weighted by Gasteiger charge is 2.18. The molecule has 0 saturated carbocycles. The first-order valence-corrected chi connectivity index (χ1v) is 9.47. The number of aryl methyl sites for hydroxylation is 1. The Morgan fingerprint density at radius 3 is 2.47 bits per heavy atom. The lowest BCUT2D eigenvalue weighted by Gasteiger charge is -2.07. The minimum atomic E-state index is -0.685. The number of carbonyl (C=O) groups excluding carboxylic acids is 4. The molecule has 3 rings (SSSR count). The molecule has 0 bridgehead atoms. The van der Waals surface area contributed by atoms with Gasteiger partial charge in [-0.05, 0) is 55.0 Å². The summed E-state index contributed by atoms with van der Waals surface area (Å²) in [6.45, 7) is 1.19. The van der Waals surface area contributed by atoms with Crippen molar-refractivity contribution in [2.45, 2.75) is 6.92 Å². The summed E-state index contributed by atoms with van der Waals surface area (Å²) in [4.78, 5) is 47.6. The number of nitrogens with one attached hydrogen (secondary N) is 2. The average molecular weight is 427 g/mol. The van der Waals surface area contributed by atoms with Crippen LogP contribution in [0.1, 0.15) is 36.1 Å². The van der Waals surface area contributed by atoms with E-state index >= 15 is 0 Å². The molecule has 30 heavy (non-hydrogen) atoms. The van der Waals surface area contributed by atoms with E-state index in [4.69, 9.17) is 14.9 Å². The Morgan fingerprint density at radius 1 is 1.10 bits per heavy atom. The molecule has 0 saturated heterocycles. The second-order valence-electron chi connectivity index (χ2n) is 6.12. The molecule has 0 atom stereocenters. The van der Waals surface area contributed by atoms with E-state index in [1.165, 1.54) is 36.6 Å². The van der Waals surface area contributed by atoms with Gasteiger partial charge in [0.05, 0.1) is 11.3 Å². The average Bonchev–Trinajstić information content (AvgIpc) is 3.36. The van der Waals surface area contributed by atoms with Crippen molar-refractivity contribution < 1.29 is 28.3 Å².